The minimum Gasteiger partial charge on any atom is -0.376 e. The molecule has 0 unspecified atom stereocenters. The zero-order chi connectivity index (χ0) is 17.9. The summed E-state index contributed by atoms with van der Waals surface area (Å²) in [6.45, 7) is 5.20. The van der Waals surface area contributed by atoms with E-state index >= 15 is 0 Å². The average Bonchev–Trinajstić information content (AvgIpc) is 2.53. The topological polar surface area (TPSA) is 66.0 Å². The molecule has 0 bridgehead atoms. The number of rotatable bonds is 8. The number of carbonyl (C=O) groups is 1. The number of guanidine groups is 1. The van der Waals surface area contributed by atoms with E-state index in [1.165, 1.54) is 0 Å². The van der Waals surface area contributed by atoms with E-state index in [0.717, 1.165) is 43.9 Å². The van der Waals surface area contributed by atoms with Gasteiger partial charge in [-0.15, -0.1) is 24.0 Å². The molecule has 0 radical (unpaired) electrons. The lowest BCUT2D eigenvalue weighted by Crippen LogP contribution is -2.46. The lowest BCUT2D eigenvalue weighted by molar-refractivity contribution is -0.127. The molecule has 0 saturated heterocycles. The Morgan fingerprint density at radius 3 is 2.44 bits per heavy atom. The standard InChI is InChI=1S/C17H34N4O2S.HI/c1-13(2)23-15-8-6-14(7-9-15)20-17(18-10-11-24-5)19-12-16(22)21(3)4;/h13-15H,6-12H2,1-5H3,(H2,18,19,20);1H. The number of nitrogens with one attached hydrogen (secondary N) is 2. The maximum absolute atomic E-state index is 11.8. The summed E-state index contributed by atoms with van der Waals surface area (Å²) in [4.78, 5) is 17.8. The molecule has 1 aliphatic rings. The quantitative estimate of drug-likeness (QED) is 0.239. The number of amides is 1. The van der Waals surface area contributed by atoms with Crippen LogP contribution in [0.2, 0.25) is 0 Å². The minimum atomic E-state index is 0. The summed E-state index contributed by atoms with van der Waals surface area (Å²) >= 11 is 1.79. The fourth-order valence-electron chi connectivity index (χ4n) is 2.63. The van der Waals surface area contributed by atoms with E-state index in [-0.39, 0.29) is 36.4 Å². The van der Waals surface area contributed by atoms with Gasteiger partial charge < -0.3 is 20.3 Å². The van der Waals surface area contributed by atoms with Crippen LogP contribution in [0.1, 0.15) is 39.5 Å². The smallest absolute Gasteiger partial charge is 0.243 e. The molecule has 1 saturated carbocycles. The summed E-state index contributed by atoms with van der Waals surface area (Å²) in [6, 6.07) is 0.395. The first kappa shape index (κ1) is 24.8. The third-order valence-corrected chi connectivity index (χ3v) is 4.56. The maximum Gasteiger partial charge on any atom is 0.243 e. The molecule has 25 heavy (non-hydrogen) atoms. The van der Waals surface area contributed by atoms with E-state index in [2.05, 4.69) is 35.7 Å². The zero-order valence-electron chi connectivity index (χ0n) is 16.2. The number of carbonyl (C=O) groups excluding carboxylic acids is 1. The van der Waals surface area contributed by atoms with Gasteiger partial charge in [0.2, 0.25) is 5.91 Å². The van der Waals surface area contributed by atoms with Crippen molar-refractivity contribution in [2.24, 2.45) is 4.99 Å². The Kier molecular flexibility index (Phi) is 13.8. The second-order valence-electron chi connectivity index (χ2n) is 6.68. The molecule has 6 nitrogen and oxygen atoms in total. The zero-order valence-corrected chi connectivity index (χ0v) is 19.4. The summed E-state index contributed by atoms with van der Waals surface area (Å²) in [5.74, 6) is 1.76. The Hall–Kier alpha value is -0.220. The highest BCUT2D eigenvalue weighted by Gasteiger charge is 2.23. The molecule has 8 heteroatoms. The summed E-state index contributed by atoms with van der Waals surface area (Å²) in [5, 5.41) is 6.81. The number of hydrogen-bond donors (Lipinski definition) is 2. The highest BCUT2D eigenvalue weighted by molar-refractivity contribution is 14.0. The molecule has 0 heterocycles. The van der Waals surface area contributed by atoms with Crippen LogP contribution in [-0.2, 0) is 9.53 Å². The van der Waals surface area contributed by atoms with Crippen LogP contribution in [0.5, 0.6) is 0 Å². The molecule has 0 atom stereocenters. The molecule has 148 valence electrons. The highest BCUT2D eigenvalue weighted by atomic mass is 127. The summed E-state index contributed by atoms with van der Waals surface area (Å²) in [5.41, 5.74) is 0. The molecule has 0 aromatic heterocycles. The van der Waals surface area contributed by atoms with Gasteiger partial charge >= 0.3 is 0 Å². The molecule has 0 aromatic rings. The fourth-order valence-corrected chi connectivity index (χ4v) is 2.94. The van der Waals surface area contributed by atoms with Crippen LogP contribution in [-0.4, -0.2) is 74.2 Å². The lowest BCUT2D eigenvalue weighted by atomic mass is 9.93. The van der Waals surface area contributed by atoms with Crippen molar-refractivity contribution in [1.29, 1.82) is 0 Å². The van der Waals surface area contributed by atoms with Gasteiger partial charge in [0.05, 0.1) is 12.2 Å². The predicted octanol–water partition coefficient (Wildman–Crippen LogP) is 2.33. The Morgan fingerprint density at radius 1 is 1.28 bits per heavy atom. The Labute approximate surface area is 174 Å². The van der Waals surface area contributed by atoms with Crippen molar-refractivity contribution in [2.45, 2.75) is 57.8 Å². The third kappa shape index (κ3) is 11.2. The molecule has 1 fully saturated rings. The molecule has 1 amide bonds. The summed E-state index contributed by atoms with van der Waals surface area (Å²) in [7, 11) is 3.50. The van der Waals surface area contributed by atoms with Gasteiger partial charge in [-0.1, -0.05) is 0 Å². The number of thioether (sulfide) groups is 1. The van der Waals surface area contributed by atoms with Gasteiger partial charge in [0.25, 0.3) is 0 Å². The van der Waals surface area contributed by atoms with Gasteiger partial charge in [0, 0.05) is 32.4 Å². The normalized spacial score (nSPS) is 20.8. The largest absolute Gasteiger partial charge is 0.376 e. The highest BCUT2D eigenvalue weighted by Crippen LogP contribution is 2.22. The number of halogens is 1. The van der Waals surface area contributed by atoms with Crippen molar-refractivity contribution in [3.05, 3.63) is 0 Å². The molecule has 1 rings (SSSR count). The molecular formula is C17H35IN4O2S. The van der Waals surface area contributed by atoms with Crippen molar-refractivity contribution in [1.82, 2.24) is 15.5 Å². The first-order valence-corrected chi connectivity index (χ1v) is 10.2. The molecule has 0 aromatic carbocycles. The van der Waals surface area contributed by atoms with Gasteiger partial charge in [-0.2, -0.15) is 11.8 Å². The average molecular weight is 486 g/mol. The van der Waals surface area contributed by atoms with E-state index in [1.807, 2.05) is 0 Å². The Morgan fingerprint density at radius 2 is 1.92 bits per heavy atom. The van der Waals surface area contributed by atoms with Crippen molar-refractivity contribution in [2.75, 3.05) is 39.2 Å². The van der Waals surface area contributed by atoms with Crippen LogP contribution < -0.4 is 10.6 Å². The Balaban J connectivity index is 0.00000576. The number of nitrogens with zero attached hydrogens (tertiary/aromatic N) is 2. The van der Waals surface area contributed by atoms with E-state index in [0.29, 0.717) is 18.2 Å². The van der Waals surface area contributed by atoms with Gasteiger partial charge in [0.1, 0.15) is 6.54 Å². The van der Waals surface area contributed by atoms with Crippen LogP contribution in [0.15, 0.2) is 4.99 Å². The molecule has 2 N–H and O–H groups in total. The van der Waals surface area contributed by atoms with E-state index in [9.17, 15) is 4.79 Å². The molecule has 1 aliphatic carbocycles. The lowest BCUT2D eigenvalue weighted by Gasteiger charge is -2.31. The number of hydrogen-bond acceptors (Lipinski definition) is 4. The van der Waals surface area contributed by atoms with E-state index in [1.54, 1.807) is 30.8 Å². The van der Waals surface area contributed by atoms with Gasteiger partial charge in [0.15, 0.2) is 5.96 Å². The monoisotopic (exact) mass is 486 g/mol. The number of ether oxygens (including phenoxy) is 1. The van der Waals surface area contributed by atoms with Crippen LogP contribution >= 0.6 is 35.7 Å². The molecule has 0 aliphatic heterocycles. The van der Waals surface area contributed by atoms with E-state index in [4.69, 9.17) is 4.74 Å². The first-order chi connectivity index (χ1) is 11.4. The second-order valence-corrected chi connectivity index (χ2v) is 7.66. The van der Waals surface area contributed by atoms with Crippen molar-refractivity contribution < 1.29 is 9.53 Å². The van der Waals surface area contributed by atoms with Gasteiger partial charge in [-0.25, -0.2) is 4.99 Å². The summed E-state index contributed by atoms with van der Waals surface area (Å²) in [6.07, 6.45) is 7.04. The second kappa shape index (κ2) is 13.9. The number of likely N-dealkylation sites (N-methyl/N-ethyl adjacent to an activating group) is 1. The summed E-state index contributed by atoms with van der Waals surface area (Å²) < 4.78 is 5.90. The Bertz CT molecular complexity index is 400. The van der Waals surface area contributed by atoms with Gasteiger partial charge in [-0.05, 0) is 45.8 Å². The SMILES string of the molecule is CSCCNC(=NCC(=O)N(C)C)NC1CCC(OC(C)C)CC1.I. The molecule has 0 spiro atoms. The van der Waals surface area contributed by atoms with Crippen LogP contribution in [0.3, 0.4) is 0 Å². The van der Waals surface area contributed by atoms with Crippen LogP contribution in [0.4, 0.5) is 0 Å². The van der Waals surface area contributed by atoms with Crippen LogP contribution in [0.25, 0.3) is 0 Å². The van der Waals surface area contributed by atoms with Gasteiger partial charge in [-0.3, -0.25) is 4.79 Å². The van der Waals surface area contributed by atoms with Crippen molar-refractivity contribution in [3.63, 3.8) is 0 Å². The third-order valence-electron chi connectivity index (χ3n) is 3.95. The minimum absolute atomic E-state index is 0. The number of aliphatic imine (C=N–C) groups is 1. The predicted molar refractivity (Wildman–Crippen MR) is 118 cm³/mol. The maximum atomic E-state index is 11.8. The van der Waals surface area contributed by atoms with Crippen molar-refractivity contribution in [3.8, 4) is 0 Å². The van der Waals surface area contributed by atoms with Crippen LogP contribution in [0, 0.1) is 0 Å². The van der Waals surface area contributed by atoms with E-state index < -0.39 is 0 Å². The van der Waals surface area contributed by atoms with Crippen molar-refractivity contribution >= 4 is 47.6 Å². The molecular weight excluding hydrogens is 451 g/mol. The first-order valence-electron chi connectivity index (χ1n) is 8.81. The fraction of sp³-hybridized carbons (Fsp3) is 0.882.